The number of methoxy groups -OCH3 is 2. The first-order valence-corrected chi connectivity index (χ1v) is 24.7. The summed E-state index contributed by atoms with van der Waals surface area (Å²) in [7, 11) is 5.22. The highest BCUT2D eigenvalue weighted by Gasteiger charge is 2.36. The van der Waals surface area contributed by atoms with Crippen molar-refractivity contribution in [3.05, 3.63) is 153 Å². The Bertz CT molecular complexity index is 2910. The van der Waals surface area contributed by atoms with E-state index in [1.807, 2.05) is 36.4 Å². The zero-order chi connectivity index (χ0) is 53.7. The molecule has 8 rings (SSSR count). The number of nitrogens with one attached hydrogen (secondary N) is 3. The molecule has 2 amide bonds. The summed E-state index contributed by atoms with van der Waals surface area (Å²) in [6.45, 7) is 3.98. The summed E-state index contributed by atoms with van der Waals surface area (Å²) in [5, 5.41) is 9.40. The molecule has 2 aliphatic rings. The quantitative estimate of drug-likeness (QED) is 0.0513. The van der Waals surface area contributed by atoms with Crippen molar-refractivity contribution in [2.75, 3.05) is 58.1 Å². The molecule has 2 aliphatic heterocycles. The number of benzene rings is 4. The van der Waals surface area contributed by atoms with Gasteiger partial charge < -0.3 is 41.8 Å². The molecule has 6 aromatic rings. The van der Waals surface area contributed by atoms with E-state index in [-0.39, 0.29) is 61.8 Å². The lowest BCUT2D eigenvalue weighted by atomic mass is 9.89. The van der Waals surface area contributed by atoms with E-state index in [2.05, 4.69) is 47.8 Å². The minimum Gasteiger partial charge on any atom is -0.495 e. The van der Waals surface area contributed by atoms with E-state index in [1.165, 1.54) is 5.56 Å². The van der Waals surface area contributed by atoms with Crippen molar-refractivity contribution in [3.63, 3.8) is 0 Å². The molecule has 2 aromatic heterocycles. The molecule has 7 N–H and O–H groups in total. The van der Waals surface area contributed by atoms with Crippen molar-refractivity contribution < 1.29 is 45.4 Å². The van der Waals surface area contributed by atoms with Crippen LogP contribution in [-0.4, -0.2) is 84.1 Å². The van der Waals surface area contributed by atoms with Gasteiger partial charge in [-0.2, -0.15) is 26.3 Å². The third-order valence-corrected chi connectivity index (χ3v) is 13.5. The standard InChI is InChI=1S/C28H32F3N5O2.C27H30F3N5O2/c1-36-13-11-19(12-14-36)21-8-10-24(25(15-21)38-2)35-27-33-17-22(28(29,30)31)23(34-27)9-7-18-5-3-4-6-20(18)16-26(32)37;1-37-24-14-20(18-10-12-32-13-11-18)7-9-23(24)35-26-33-16-21(27(28,29)30)22(34-26)8-6-17-4-2-3-5-19(17)15-25(31)36/h3-6,8,10,15,17,19H,7,9,11-14,16H2,1-2H3,(H2,32,37)(H,33,34,35);2-5,7,9,14,16,18,32H,6,8,10-13,15H2,1H3,(H2,31,36)(H,33,34,35). The van der Waals surface area contributed by atoms with E-state index in [9.17, 15) is 35.9 Å². The lowest BCUT2D eigenvalue weighted by molar-refractivity contribution is -0.139. The van der Waals surface area contributed by atoms with Gasteiger partial charge >= 0.3 is 12.4 Å². The van der Waals surface area contributed by atoms with Gasteiger partial charge in [0.15, 0.2) is 0 Å². The van der Waals surface area contributed by atoms with Gasteiger partial charge in [-0.15, -0.1) is 0 Å². The van der Waals surface area contributed by atoms with Crippen LogP contribution in [-0.2, 0) is 60.5 Å². The molecule has 0 bridgehead atoms. The van der Waals surface area contributed by atoms with Crippen LogP contribution >= 0.6 is 0 Å². The summed E-state index contributed by atoms with van der Waals surface area (Å²) in [6, 6.07) is 25.8. The van der Waals surface area contributed by atoms with E-state index in [1.54, 1.807) is 62.8 Å². The van der Waals surface area contributed by atoms with E-state index < -0.39 is 35.3 Å². The lowest BCUT2D eigenvalue weighted by Gasteiger charge is -2.29. The number of aryl methyl sites for hydroxylation is 4. The SMILES string of the molecule is COc1cc(C2CCN(C)CC2)ccc1Nc1ncc(C(F)(F)F)c(CCc2ccccc2CC(N)=O)n1.COc1cc(C2CCNCC2)ccc1Nc1ncc(C(F)(F)F)c(CCc2ccccc2CC(N)=O)n1. The number of hydrogen-bond acceptors (Lipinski definition) is 12. The Balaban J connectivity index is 0.000000219. The van der Waals surface area contributed by atoms with Gasteiger partial charge in [-0.3, -0.25) is 9.59 Å². The van der Waals surface area contributed by atoms with Crippen molar-refractivity contribution in [3.8, 4) is 11.5 Å². The molecule has 0 radical (unpaired) electrons. The average Bonchev–Trinajstić information content (AvgIpc) is 3.38. The number of carbonyl (C=O) groups excluding carboxylic acids is 2. The van der Waals surface area contributed by atoms with Crippen LogP contribution in [0.2, 0.25) is 0 Å². The number of hydrogen-bond donors (Lipinski definition) is 5. The number of ether oxygens (including phenoxy) is 2. The number of rotatable bonds is 18. The number of nitrogens with zero attached hydrogens (tertiary/aromatic N) is 5. The molecule has 0 unspecified atom stereocenters. The number of alkyl halides is 6. The first-order chi connectivity index (χ1) is 35.9. The number of amides is 2. The summed E-state index contributed by atoms with van der Waals surface area (Å²) >= 11 is 0. The van der Waals surface area contributed by atoms with E-state index in [0.717, 1.165) is 80.9 Å². The second kappa shape index (κ2) is 25.3. The van der Waals surface area contributed by atoms with Crippen LogP contribution in [0.3, 0.4) is 0 Å². The maximum absolute atomic E-state index is 13.8. The molecule has 4 heterocycles. The first-order valence-electron chi connectivity index (χ1n) is 24.7. The Hall–Kier alpha value is -7.32. The Morgan fingerprint density at radius 1 is 0.613 bits per heavy atom. The molecule has 14 nitrogen and oxygen atoms in total. The topological polar surface area (TPSA) is 196 Å². The second-order valence-corrected chi connectivity index (χ2v) is 18.7. The number of carbonyl (C=O) groups is 2. The lowest BCUT2D eigenvalue weighted by Crippen LogP contribution is -2.29. The van der Waals surface area contributed by atoms with Crippen LogP contribution in [0.25, 0.3) is 0 Å². The third kappa shape index (κ3) is 15.4. The average molecular weight is 1040 g/mol. The van der Waals surface area contributed by atoms with Gasteiger partial charge in [-0.05, 0) is 154 Å². The highest BCUT2D eigenvalue weighted by molar-refractivity contribution is 5.77. The van der Waals surface area contributed by atoms with Gasteiger partial charge in [-0.1, -0.05) is 60.7 Å². The van der Waals surface area contributed by atoms with Gasteiger partial charge in [0.2, 0.25) is 23.7 Å². The Morgan fingerprint density at radius 3 is 1.40 bits per heavy atom. The van der Waals surface area contributed by atoms with Crippen molar-refractivity contribution in [1.82, 2.24) is 30.2 Å². The number of aromatic nitrogens is 4. The summed E-state index contributed by atoms with van der Waals surface area (Å²) in [5.74, 6) is 1.09. The predicted octanol–water partition coefficient (Wildman–Crippen LogP) is 9.40. The normalized spacial score (nSPS) is 14.6. The van der Waals surface area contributed by atoms with Crippen molar-refractivity contribution in [1.29, 1.82) is 0 Å². The van der Waals surface area contributed by atoms with Crippen LogP contribution in [0.4, 0.5) is 49.6 Å². The van der Waals surface area contributed by atoms with Gasteiger partial charge in [0, 0.05) is 12.4 Å². The van der Waals surface area contributed by atoms with Gasteiger partial charge in [0.1, 0.15) is 11.5 Å². The zero-order valence-corrected chi connectivity index (χ0v) is 42.1. The second-order valence-electron chi connectivity index (χ2n) is 18.7. The molecule has 20 heteroatoms. The van der Waals surface area contributed by atoms with E-state index in [0.29, 0.717) is 45.8 Å². The fourth-order valence-electron chi connectivity index (χ4n) is 9.51. The molecule has 2 saturated heterocycles. The van der Waals surface area contributed by atoms with Gasteiger partial charge in [0.25, 0.3) is 0 Å². The summed E-state index contributed by atoms with van der Waals surface area (Å²) in [5.41, 5.74) is 14.9. The molecule has 75 heavy (non-hydrogen) atoms. The Labute approximate surface area is 432 Å². The maximum atomic E-state index is 13.8. The largest absolute Gasteiger partial charge is 0.495 e. The fraction of sp³-hybridized carbons (Fsp3) is 0.382. The number of nitrogens with two attached hydrogens (primary N) is 2. The summed E-state index contributed by atoms with van der Waals surface area (Å²) in [6.07, 6.45) is -2.85. The van der Waals surface area contributed by atoms with Gasteiger partial charge in [-0.25, -0.2) is 19.9 Å². The molecule has 0 saturated carbocycles. The molecular weight excluding hydrogens is 979 g/mol. The molecule has 2 fully saturated rings. The predicted molar refractivity (Wildman–Crippen MR) is 274 cm³/mol. The summed E-state index contributed by atoms with van der Waals surface area (Å²) < 4.78 is 93.6. The zero-order valence-electron chi connectivity index (χ0n) is 42.1. The highest BCUT2D eigenvalue weighted by Crippen LogP contribution is 2.38. The van der Waals surface area contributed by atoms with Crippen LogP contribution < -0.4 is 36.9 Å². The van der Waals surface area contributed by atoms with Crippen LogP contribution in [0.1, 0.15) is 93.4 Å². The van der Waals surface area contributed by atoms with E-state index in [4.69, 9.17) is 20.9 Å². The monoisotopic (exact) mass is 1040 g/mol. The number of primary amides is 2. The molecule has 398 valence electrons. The number of anilines is 4. The highest BCUT2D eigenvalue weighted by atomic mass is 19.4. The summed E-state index contributed by atoms with van der Waals surface area (Å²) in [4.78, 5) is 41.5. The van der Waals surface area contributed by atoms with Crippen LogP contribution in [0, 0.1) is 0 Å². The molecule has 0 aliphatic carbocycles. The maximum Gasteiger partial charge on any atom is 0.419 e. The van der Waals surface area contributed by atoms with Crippen molar-refractivity contribution in [2.24, 2.45) is 11.5 Å². The first kappa shape index (κ1) is 55.4. The Morgan fingerprint density at radius 2 is 1.01 bits per heavy atom. The third-order valence-electron chi connectivity index (χ3n) is 13.5. The van der Waals surface area contributed by atoms with Crippen molar-refractivity contribution in [2.45, 2.75) is 88.4 Å². The number of piperidine rings is 2. The molecule has 0 atom stereocenters. The molecule has 0 spiro atoms. The van der Waals surface area contributed by atoms with Crippen LogP contribution in [0.15, 0.2) is 97.3 Å². The molecular formula is C55H62F6N10O4. The smallest absolute Gasteiger partial charge is 0.419 e. The number of likely N-dealkylation sites (tertiary alicyclic amines) is 1. The number of halogens is 6. The fourth-order valence-corrected chi connectivity index (χ4v) is 9.51. The van der Waals surface area contributed by atoms with E-state index >= 15 is 0 Å². The molecule has 4 aromatic carbocycles. The Kier molecular flexibility index (Phi) is 18.7. The minimum atomic E-state index is -4.60. The van der Waals surface area contributed by atoms with Crippen LogP contribution in [0.5, 0.6) is 11.5 Å². The van der Waals surface area contributed by atoms with Gasteiger partial charge in [0.05, 0.1) is 61.0 Å². The minimum absolute atomic E-state index is 0.00755. The van der Waals surface area contributed by atoms with Crippen molar-refractivity contribution >= 4 is 35.1 Å².